The average molecular weight is 268 g/mol. The molecule has 7 heteroatoms. The molecule has 96 valence electrons. The van der Waals surface area contributed by atoms with Crippen LogP contribution in [0.3, 0.4) is 0 Å². The van der Waals surface area contributed by atoms with E-state index in [-0.39, 0.29) is 10.8 Å². The van der Waals surface area contributed by atoms with Gasteiger partial charge in [0, 0.05) is 24.1 Å². The van der Waals surface area contributed by atoms with Crippen molar-refractivity contribution in [1.82, 2.24) is 0 Å². The number of hydrogen-bond donors (Lipinski definition) is 2. The molecule has 18 heavy (non-hydrogen) atoms. The lowest BCUT2D eigenvalue weighted by atomic mass is 10.3. The SMILES string of the molecule is CC(=O)Nc1ccc(S(=O)(=O)/C=C\C(N)=O)cc1. The van der Waals surface area contributed by atoms with Crippen LogP contribution in [0.4, 0.5) is 5.69 Å². The fourth-order valence-electron chi connectivity index (χ4n) is 1.17. The molecule has 0 radical (unpaired) electrons. The Balaban J connectivity index is 2.98. The summed E-state index contributed by atoms with van der Waals surface area (Å²) in [4.78, 5) is 21.3. The van der Waals surface area contributed by atoms with Crippen molar-refractivity contribution in [2.24, 2.45) is 5.73 Å². The minimum Gasteiger partial charge on any atom is -0.366 e. The number of nitrogens with one attached hydrogen (secondary N) is 1. The van der Waals surface area contributed by atoms with Gasteiger partial charge < -0.3 is 11.1 Å². The first kappa shape index (κ1) is 13.9. The molecule has 1 aromatic carbocycles. The van der Waals surface area contributed by atoms with Crippen molar-refractivity contribution in [2.75, 3.05) is 5.32 Å². The zero-order chi connectivity index (χ0) is 13.8. The normalized spacial score (nSPS) is 11.4. The van der Waals surface area contributed by atoms with E-state index in [2.05, 4.69) is 5.32 Å². The summed E-state index contributed by atoms with van der Waals surface area (Å²) in [5.41, 5.74) is 5.31. The molecule has 0 unspecified atom stereocenters. The van der Waals surface area contributed by atoms with Crippen LogP contribution in [0, 0.1) is 0 Å². The van der Waals surface area contributed by atoms with Gasteiger partial charge in [0.15, 0.2) is 9.84 Å². The third-order valence-corrected chi connectivity index (χ3v) is 3.34. The molecule has 0 fully saturated rings. The average Bonchev–Trinajstić information content (AvgIpc) is 2.26. The smallest absolute Gasteiger partial charge is 0.242 e. The number of carbonyl (C=O) groups excluding carboxylic acids is 2. The molecule has 0 atom stereocenters. The first-order chi connectivity index (χ1) is 8.31. The van der Waals surface area contributed by atoms with Crippen LogP contribution in [-0.4, -0.2) is 20.2 Å². The molecule has 0 heterocycles. The number of rotatable bonds is 4. The molecule has 0 bridgehead atoms. The maximum atomic E-state index is 11.7. The second-order valence-electron chi connectivity index (χ2n) is 3.46. The molecule has 0 aromatic heterocycles. The maximum Gasteiger partial charge on any atom is 0.242 e. The predicted molar refractivity (Wildman–Crippen MR) is 66.3 cm³/mol. The minimum absolute atomic E-state index is 0.00843. The summed E-state index contributed by atoms with van der Waals surface area (Å²) in [6.07, 6.45) is 0.775. The number of nitrogens with two attached hydrogens (primary N) is 1. The summed E-state index contributed by atoms with van der Waals surface area (Å²) >= 11 is 0. The van der Waals surface area contributed by atoms with Gasteiger partial charge in [0.1, 0.15) is 0 Å². The van der Waals surface area contributed by atoms with Gasteiger partial charge in [-0.1, -0.05) is 0 Å². The van der Waals surface area contributed by atoms with Crippen LogP contribution in [0.15, 0.2) is 40.6 Å². The van der Waals surface area contributed by atoms with Crippen LogP contribution >= 0.6 is 0 Å². The number of anilines is 1. The maximum absolute atomic E-state index is 11.7. The number of benzene rings is 1. The lowest BCUT2D eigenvalue weighted by Crippen LogP contribution is -2.08. The van der Waals surface area contributed by atoms with Crippen molar-refractivity contribution < 1.29 is 18.0 Å². The van der Waals surface area contributed by atoms with Crippen LogP contribution < -0.4 is 11.1 Å². The van der Waals surface area contributed by atoms with Crippen molar-refractivity contribution in [2.45, 2.75) is 11.8 Å². The van der Waals surface area contributed by atoms with Gasteiger partial charge in [0.2, 0.25) is 11.8 Å². The van der Waals surface area contributed by atoms with E-state index in [1.54, 1.807) is 0 Å². The van der Waals surface area contributed by atoms with Gasteiger partial charge in [-0.2, -0.15) is 0 Å². The third-order valence-electron chi connectivity index (χ3n) is 1.91. The lowest BCUT2D eigenvalue weighted by molar-refractivity contribution is -0.114. The molecule has 0 spiro atoms. The van der Waals surface area contributed by atoms with Gasteiger partial charge in [0.25, 0.3) is 0 Å². The fraction of sp³-hybridized carbons (Fsp3) is 0.0909. The van der Waals surface area contributed by atoms with E-state index in [0.717, 1.165) is 11.5 Å². The number of hydrogen-bond acceptors (Lipinski definition) is 4. The second kappa shape index (κ2) is 5.46. The van der Waals surface area contributed by atoms with Gasteiger partial charge in [-0.05, 0) is 24.3 Å². The van der Waals surface area contributed by atoms with Crippen LogP contribution in [0.25, 0.3) is 0 Å². The van der Waals surface area contributed by atoms with Gasteiger partial charge in [-0.3, -0.25) is 9.59 Å². The largest absolute Gasteiger partial charge is 0.366 e. The molecule has 1 aromatic rings. The Hall–Kier alpha value is -2.15. The molecule has 6 nitrogen and oxygen atoms in total. The Morgan fingerprint density at radius 1 is 1.22 bits per heavy atom. The van der Waals surface area contributed by atoms with E-state index < -0.39 is 15.7 Å². The standard InChI is InChI=1S/C11H12N2O4S/c1-8(14)13-9-2-4-10(5-3-9)18(16,17)7-6-11(12)15/h2-7H,1H3,(H2,12,15)(H,13,14)/b7-6-. The summed E-state index contributed by atoms with van der Waals surface area (Å²) in [6, 6.07) is 5.55. The van der Waals surface area contributed by atoms with E-state index in [0.29, 0.717) is 5.69 Å². The molecule has 3 N–H and O–H groups in total. The van der Waals surface area contributed by atoms with Gasteiger partial charge in [0.05, 0.1) is 4.90 Å². The summed E-state index contributed by atoms with van der Waals surface area (Å²) in [7, 11) is -3.69. The highest BCUT2D eigenvalue weighted by Crippen LogP contribution is 2.16. The molecule has 2 amide bonds. The zero-order valence-electron chi connectivity index (χ0n) is 9.58. The highest BCUT2D eigenvalue weighted by atomic mass is 32.2. The number of amides is 2. The number of carbonyl (C=O) groups is 2. The van der Waals surface area contributed by atoms with E-state index in [1.165, 1.54) is 31.2 Å². The summed E-state index contributed by atoms with van der Waals surface area (Å²) in [5, 5.41) is 3.25. The molecule has 0 saturated carbocycles. The topological polar surface area (TPSA) is 106 Å². The predicted octanol–water partition coefficient (Wildman–Crippen LogP) is 0.418. The van der Waals surface area contributed by atoms with E-state index in [1.807, 2.05) is 0 Å². The molecule has 1 rings (SSSR count). The number of sulfone groups is 1. The van der Waals surface area contributed by atoms with Crippen molar-refractivity contribution >= 4 is 27.3 Å². The highest BCUT2D eigenvalue weighted by molar-refractivity contribution is 7.94. The van der Waals surface area contributed by atoms with Crippen molar-refractivity contribution in [3.8, 4) is 0 Å². The van der Waals surface area contributed by atoms with Crippen LogP contribution in [-0.2, 0) is 19.4 Å². The minimum atomic E-state index is -3.69. The Labute approximate surface area is 104 Å². The Morgan fingerprint density at radius 2 is 1.78 bits per heavy atom. The number of primary amides is 1. The van der Waals surface area contributed by atoms with Crippen molar-refractivity contribution in [1.29, 1.82) is 0 Å². The second-order valence-corrected chi connectivity index (χ2v) is 5.29. The van der Waals surface area contributed by atoms with E-state index in [4.69, 9.17) is 5.73 Å². The third kappa shape index (κ3) is 4.02. The molecule has 0 aliphatic rings. The molecule has 0 aliphatic heterocycles. The molecule has 0 saturated heterocycles. The first-order valence-corrected chi connectivity index (χ1v) is 6.46. The van der Waals surface area contributed by atoms with Crippen LogP contribution in [0.5, 0.6) is 0 Å². The Bertz CT molecular complexity index is 588. The van der Waals surface area contributed by atoms with Crippen molar-refractivity contribution in [3.63, 3.8) is 0 Å². The monoisotopic (exact) mass is 268 g/mol. The van der Waals surface area contributed by atoms with Gasteiger partial charge in [-0.25, -0.2) is 8.42 Å². The Morgan fingerprint density at radius 3 is 2.22 bits per heavy atom. The first-order valence-electron chi connectivity index (χ1n) is 4.91. The van der Waals surface area contributed by atoms with Gasteiger partial charge >= 0.3 is 0 Å². The quantitative estimate of drug-likeness (QED) is 0.771. The zero-order valence-corrected chi connectivity index (χ0v) is 10.4. The van der Waals surface area contributed by atoms with Crippen LogP contribution in [0.1, 0.15) is 6.92 Å². The van der Waals surface area contributed by atoms with E-state index >= 15 is 0 Å². The summed E-state index contributed by atoms with van der Waals surface area (Å²) in [5.74, 6) is -1.09. The highest BCUT2D eigenvalue weighted by Gasteiger charge is 2.10. The summed E-state index contributed by atoms with van der Waals surface area (Å²) in [6.45, 7) is 1.35. The molecular formula is C11H12N2O4S. The lowest BCUT2D eigenvalue weighted by Gasteiger charge is -2.03. The molecular weight excluding hydrogens is 256 g/mol. The fourth-order valence-corrected chi connectivity index (χ4v) is 2.15. The van der Waals surface area contributed by atoms with Crippen molar-refractivity contribution in [3.05, 3.63) is 35.7 Å². The van der Waals surface area contributed by atoms with E-state index in [9.17, 15) is 18.0 Å². The summed E-state index contributed by atoms with van der Waals surface area (Å²) < 4.78 is 23.4. The van der Waals surface area contributed by atoms with Gasteiger partial charge in [-0.15, -0.1) is 0 Å². The molecule has 0 aliphatic carbocycles. The van der Waals surface area contributed by atoms with Crippen LogP contribution in [0.2, 0.25) is 0 Å². The Kier molecular flexibility index (Phi) is 4.22.